The summed E-state index contributed by atoms with van der Waals surface area (Å²) in [6.07, 6.45) is 0. The summed E-state index contributed by atoms with van der Waals surface area (Å²) in [6.45, 7) is 5.03. The van der Waals surface area contributed by atoms with Crippen LogP contribution in [0, 0.1) is 13.8 Å². The van der Waals surface area contributed by atoms with Crippen molar-refractivity contribution in [2.75, 3.05) is 20.3 Å². The normalized spacial score (nSPS) is 10.2. The molecule has 0 aliphatic heterocycles. The molecule has 2 aromatic rings. The van der Waals surface area contributed by atoms with Crippen LogP contribution in [0.5, 0.6) is 17.2 Å². The number of ether oxygens (including phenoxy) is 3. The summed E-state index contributed by atoms with van der Waals surface area (Å²) >= 11 is 0. The van der Waals surface area contributed by atoms with E-state index in [-0.39, 0.29) is 0 Å². The monoisotopic (exact) mass is 272 g/mol. The highest BCUT2D eigenvalue weighted by Gasteiger charge is 2.04. The summed E-state index contributed by atoms with van der Waals surface area (Å²) < 4.78 is 16.7. The van der Waals surface area contributed by atoms with Crippen LogP contribution in [-0.4, -0.2) is 20.3 Å². The topological polar surface area (TPSA) is 27.7 Å². The van der Waals surface area contributed by atoms with Crippen molar-refractivity contribution in [1.82, 2.24) is 0 Å². The van der Waals surface area contributed by atoms with E-state index in [1.54, 1.807) is 7.11 Å². The third-order valence-corrected chi connectivity index (χ3v) is 3.01. The first-order valence-electron chi connectivity index (χ1n) is 6.66. The molecule has 2 aromatic carbocycles. The highest BCUT2D eigenvalue weighted by molar-refractivity contribution is 5.42. The second-order valence-electron chi connectivity index (χ2n) is 4.62. The number of methoxy groups -OCH3 is 1. The largest absolute Gasteiger partial charge is 0.493 e. The van der Waals surface area contributed by atoms with Crippen LogP contribution in [0.15, 0.2) is 42.5 Å². The van der Waals surface area contributed by atoms with E-state index in [0.29, 0.717) is 13.2 Å². The van der Waals surface area contributed by atoms with E-state index >= 15 is 0 Å². The Labute approximate surface area is 120 Å². The maximum atomic E-state index is 5.69. The van der Waals surface area contributed by atoms with E-state index in [9.17, 15) is 0 Å². The number of hydrogen-bond acceptors (Lipinski definition) is 3. The van der Waals surface area contributed by atoms with Gasteiger partial charge in [0.1, 0.15) is 19.0 Å². The molecule has 3 nitrogen and oxygen atoms in total. The van der Waals surface area contributed by atoms with E-state index < -0.39 is 0 Å². The van der Waals surface area contributed by atoms with Gasteiger partial charge in [-0.25, -0.2) is 0 Å². The van der Waals surface area contributed by atoms with Crippen LogP contribution in [0.1, 0.15) is 11.1 Å². The zero-order chi connectivity index (χ0) is 14.4. The van der Waals surface area contributed by atoms with Crippen LogP contribution in [0.25, 0.3) is 0 Å². The van der Waals surface area contributed by atoms with Crippen LogP contribution in [0.3, 0.4) is 0 Å². The van der Waals surface area contributed by atoms with Gasteiger partial charge in [0.2, 0.25) is 0 Å². The highest BCUT2D eigenvalue weighted by atomic mass is 16.5. The van der Waals surface area contributed by atoms with Gasteiger partial charge >= 0.3 is 0 Å². The molecular formula is C17H20O3. The molecule has 0 fully saturated rings. The molecular weight excluding hydrogens is 252 g/mol. The molecule has 0 unspecified atom stereocenters. The fraction of sp³-hybridized carbons (Fsp3) is 0.294. The molecule has 0 radical (unpaired) electrons. The quantitative estimate of drug-likeness (QED) is 0.749. The van der Waals surface area contributed by atoms with Gasteiger partial charge in [0.05, 0.1) is 7.11 Å². The Balaban J connectivity index is 1.86. The maximum Gasteiger partial charge on any atom is 0.161 e. The fourth-order valence-electron chi connectivity index (χ4n) is 1.92. The van der Waals surface area contributed by atoms with Crippen molar-refractivity contribution in [2.24, 2.45) is 0 Å². The molecule has 0 aromatic heterocycles. The van der Waals surface area contributed by atoms with E-state index in [1.165, 1.54) is 0 Å². The second-order valence-corrected chi connectivity index (χ2v) is 4.62. The van der Waals surface area contributed by atoms with Crippen molar-refractivity contribution >= 4 is 0 Å². The van der Waals surface area contributed by atoms with Gasteiger partial charge in [-0.05, 0) is 43.2 Å². The SMILES string of the molecule is COc1cc(C)ccc1OCCOc1ccccc1C. The van der Waals surface area contributed by atoms with Gasteiger partial charge in [-0.15, -0.1) is 0 Å². The number of rotatable bonds is 6. The van der Waals surface area contributed by atoms with Gasteiger partial charge in [0.25, 0.3) is 0 Å². The predicted octanol–water partition coefficient (Wildman–Crippen LogP) is 3.77. The van der Waals surface area contributed by atoms with Gasteiger partial charge < -0.3 is 14.2 Å². The van der Waals surface area contributed by atoms with E-state index in [1.807, 2.05) is 56.3 Å². The van der Waals surface area contributed by atoms with E-state index in [4.69, 9.17) is 14.2 Å². The lowest BCUT2D eigenvalue weighted by Crippen LogP contribution is -2.10. The van der Waals surface area contributed by atoms with Crippen LogP contribution >= 0.6 is 0 Å². The number of para-hydroxylation sites is 1. The van der Waals surface area contributed by atoms with Gasteiger partial charge in [-0.3, -0.25) is 0 Å². The maximum absolute atomic E-state index is 5.69. The molecule has 0 aliphatic carbocycles. The molecule has 0 aliphatic rings. The molecule has 3 heteroatoms. The fourth-order valence-corrected chi connectivity index (χ4v) is 1.92. The van der Waals surface area contributed by atoms with Crippen LogP contribution in [-0.2, 0) is 0 Å². The lowest BCUT2D eigenvalue weighted by molar-refractivity contribution is 0.210. The summed E-state index contributed by atoms with van der Waals surface area (Å²) in [7, 11) is 1.64. The molecule has 0 saturated heterocycles. The molecule has 0 atom stereocenters. The van der Waals surface area contributed by atoms with Crippen LogP contribution in [0.4, 0.5) is 0 Å². The first-order chi connectivity index (χ1) is 9.70. The first-order valence-corrected chi connectivity index (χ1v) is 6.66. The summed E-state index contributed by atoms with van der Waals surface area (Å²) in [4.78, 5) is 0. The average Bonchev–Trinajstić information content (AvgIpc) is 2.46. The van der Waals surface area contributed by atoms with Gasteiger partial charge in [0.15, 0.2) is 11.5 Å². The minimum atomic E-state index is 0.480. The number of benzene rings is 2. The van der Waals surface area contributed by atoms with E-state index in [0.717, 1.165) is 28.4 Å². The zero-order valence-electron chi connectivity index (χ0n) is 12.2. The lowest BCUT2D eigenvalue weighted by Gasteiger charge is -2.12. The van der Waals surface area contributed by atoms with Crippen molar-refractivity contribution < 1.29 is 14.2 Å². The van der Waals surface area contributed by atoms with Crippen LogP contribution < -0.4 is 14.2 Å². The Morgan fingerprint density at radius 3 is 2.20 bits per heavy atom. The number of hydrogen-bond donors (Lipinski definition) is 0. The molecule has 2 rings (SSSR count). The summed E-state index contributed by atoms with van der Waals surface area (Å²) in [5, 5.41) is 0. The third kappa shape index (κ3) is 3.67. The average molecular weight is 272 g/mol. The summed E-state index contributed by atoms with van der Waals surface area (Å²) in [6, 6.07) is 13.8. The lowest BCUT2D eigenvalue weighted by atomic mass is 10.2. The zero-order valence-corrected chi connectivity index (χ0v) is 12.2. The molecule has 0 bridgehead atoms. The highest BCUT2D eigenvalue weighted by Crippen LogP contribution is 2.27. The number of aryl methyl sites for hydroxylation is 2. The smallest absolute Gasteiger partial charge is 0.161 e. The Morgan fingerprint density at radius 1 is 0.800 bits per heavy atom. The Bertz CT molecular complexity index is 564. The van der Waals surface area contributed by atoms with Crippen molar-refractivity contribution in [2.45, 2.75) is 13.8 Å². The molecule has 0 spiro atoms. The van der Waals surface area contributed by atoms with Crippen molar-refractivity contribution in [1.29, 1.82) is 0 Å². The van der Waals surface area contributed by atoms with Crippen molar-refractivity contribution in [3.05, 3.63) is 53.6 Å². The van der Waals surface area contributed by atoms with Gasteiger partial charge in [0, 0.05) is 0 Å². The molecule has 20 heavy (non-hydrogen) atoms. The molecule has 0 amide bonds. The molecule has 0 saturated carbocycles. The Hall–Kier alpha value is -2.16. The Morgan fingerprint density at radius 2 is 1.50 bits per heavy atom. The predicted molar refractivity (Wildman–Crippen MR) is 79.9 cm³/mol. The third-order valence-electron chi connectivity index (χ3n) is 3.01. The van der Waals surface area contributed by atoms with E-state index in [2.05, 4.69) is 0 Å². The minimum absolute atomic E-state index is 0.480. The minimum Gasteiger partial charge on any atom is -0.493 e. The molecule has 0 heterocycles. The Kier molecular flexibility index (Phi) is 4.88. The summed E-state index contributed by atoms with van der Waals surface area (Å²) in [5.74, 6) is 2.39. The van der Waals surface area contributed by atoms with Crippen molar-refractivity contribution in [3.63, 3.8) is 0 Å². The standard InChI is InChI=1S/C17H20O3/c1-13-8-9-16(17(12-13)18-3)20-11-10-19-15-7-5-4-6-14(15)2/h4-9,12H,10-11H2,1-3H3. The van der Waals surface area contributed by atoms with Crippen LogP contribution in [0.2, 0.25) is 0 Å². The summed E-state index contributed by atoms with van der Waals surface area (Å²) in [5.41, 5.74) is 2.27. The molecule has 106 valence electrons. The first kappa shape index (κ1) is 14.3. The van der Waals surface area contributed by atoms with Gasteiger partial charge in [-0.1, -0.05) is 24.3 Å². The second kappa shape index (κ2) is 6.85. The van der Waals surface area contributed by atoms with Gasteiger partial charge in [-0.2, -0.15) is 0 Å². The van der Waals surface area contributed by atoms with Crippen molar-refractivity contribution in [3.8, 4) is 17.2 Å². The molecule has 0 N–H and O–H groups in total.